The van der Waals surface area contributed by atoms with Crippen molar-refractivity contribution in [2.24, 2.45) is 0 Å². The molecule has 2 aromatic rings. The van der Waals surface area contributed by atoms with Crippen molar-refractivity contribution < 1.29 is 0 Å². The molecule has 0 saturated carbocycles. The van der Waals surface area contributed by atoms with E-state index in [1.165, 1.54) is 44.1 Å². The number of nitrogens with one attached hydrogen (secondary N) is 1. The molecule has 2 nitrogen and oxygen atoms in total. The Balaban J connectivity index is 0.000000225. The number of hydrogen-bond donors (Lipinski definition) is 1. The summed E-state index contributed by atoms with van der Waals surface area (Å²) in [5.74, 6) is 0. The van der Waals surface area contributed by atoms with Crippen molar-refractivity contribution in [1.29, 1.82) is 0 Å². The largest absolute Gasteiger partial charge is 0.367 e. The summed E-state index contributed by atoms with van der Waals surface area (Å²) in [6, 6.07) is 7.88. The molecule has 0 aliphatic rings. The molecule has 2 heterocycles. The van der Waals surface area contributed by atoms with E-state index in [-0.39, 0.29) is 0 Å². The summed E-state index contributed by atoms with van der Waals surface area (Å²) in [5, 5.41) is 0. The molecule has 0 atom stereocenters. The van der Waals surface area contributed by atoms with Crippen molar-refractivity contribution in [3.05, 3.63) is 54.6 Å². The first-order chi connectivity index (χ1) is 8.93. The van der Waals surface area contributed by atoms with Crippen LogP contribution in [-0.2, 0) is 6.42 Å². The molecule has 18 heavy (non-hydrogen) atoms. The van der Waals surface area contributed by atoms with Crippen LogP contribution in [0.2, 0.25) is 0 Å². The van der Waals surface area contributed by atoms with Gasteiger partial charge in [-0.3, -0.25) is 4.98 Å². The Labute approximate surface area is 110 Å². The van der Waals surface area contributed by atoms with Gasteiger partial charge in [-0.15, -0.1) is 0 Å². The number of aromatic amines is 1. The molecule has 2 rings (SSSR count). The molecule has 0 aromatic carbocycles. The van der Waals surface area contributed by atoms with Crippen LogP contribution < -0.4 is 0 Å². The van der Waals surface area contributed by atoms with E-state index in [0.29, 0.717) is 0 Å². The van der Waals surface area contributed by atoms with Crippen molar-refractivity contribution in [3.8, 4) is 0 Å². The Bertz CT molecular complexity index is 327. The highest BCUT2D eigenvalue weighted by Gasteiger charge is 1.92. The zero-order valence-electron chi connectivity index (χ0n) is 11.3. The Morgan fingerprint density at radius 3 is 2.28 bits per heavy atom. The maximum Gasteiger partial charge on any atom is 0.0267 e. The summed E-state index contributed by atoms with van der Waals surface area (Å²) in [5.41, 5.74) is 1.45. The lowest BCUT2D eigenvalue weighted by Gasteiger charge is -1.97. The van der Waals surface area contributed by atoms with Crippen molar-refractivity contribution >= 4 is 0 Å². The predicted octanol–water partition coefficient (Wildman–Crippen LogP) is 4.61. The average Bonchev–Trinajstić information content (AvgIpc) is 2.94. The number of aryl methyl sites for hydroxylation is 1. The van der Waals surface area contributed by atoms with E-state index in [1.54, 1.807) is 12.4 Å². The molecular weight excluding hydrogens is 220 g/mol. The monoisotopic (exact) mass is 244 g/mol. The van der Waals surface area contributed by atoms with Crippen LogP contribution in [0, 0.1) is 0 Å². The van der Waals surface area contributed by atoms with Gasteiger partial charge >= 0.3 is 0 Å². The lowest BCUT2D eigenvalue weighted by atomic mass is 10.1. The fourth-order valence-corrected chi connectivity index (χ4v) is 1.76. The van der Waals surface area contributed by atoms with Gasteiger partial charge in [0.2, 0.25) is 0 Å². The second kappa shape index (κ2) is 10.6. The molecule has 0 aliphatic heterocycles. The van der Waals surface area contributed by atoms with Gasteiger partial charge in [-0.2, -0.15) is 0 Å². The fourth-order valence-electron chi connectivity index (χ4n) is 1.76. The Morgan fingerprint density at radius 2 is 1.78 bits per heavy atom. The second-order valence-electron chi connectivity index (χ2n) is 4.41. The van der Waals surface area contributed by atoms with E-state index < -0.39 is 0 Å². The molecule has 0 amide bonds. The third-order valence-corrected chi connectivity index (χ3v) is 2.80. The molecule has 1 N–H and O–H groups in total. The normalized spacial score (nSPS) is 9.61. The molecule has 0 saturated heterocycles. The third-order valence-electron chi connectivity index (χ3n) is 2.80. The lowest BCUT2D eigenvalue weighted by molar-refractivity contribution is 0.632. The maximum atomic E-state index is 3.78. The summed E-state index contributed by atoms with van der Waals surface area (Å²) >= 11 is 0. The molecule has 0 bridgehead atoms. The third kappa shape index (κ3) is 7.66. The first-order valence-corrected chi connectivity index (χ1v) is 6.90. The molecule has 0 fully saturated rings. The molecule has 98 valence electrons. The van der Waals surface area contributed by atoms with Gasteiger partial charge in [0.15, 0.2) is 0 Å². The standard InChI is InChI=1S/C11H19N.C5H5N/c1-2-3-4-5-6-7-11-8-9-12-10-11;1-2-4-6-5-3-1/h8-10,12H,2-7H2,1H3;1-5H. The summed E-state index contributed by atoms with van der Waals surface area (Å²) in [7, 11) is 0. The van der Waals surface area contributed by atoms with Crippen LogP contribution in [0.5, 0.6) is 0 Å². The highest BCUT2D eigenvalue weighted by molar-refractivity contribution is 5.07. The molecule has 2 heteroatoms. The summed E-state index contributed by atoms with van der Waals surface area (Å²) in [6.07, 6.45) is 15.7. The van der Waals surface area contributed by atoms with Crippen LogP contribution in [0.25, 0.3) is 0 Å². The number of pyridine rings is 1. The Morgan fingerprint density at radius 1 is 1.00 bits per heavy atom. The summed E-state index contributed by atoms with van der Waals surface area (Å²) < 4.78 is 0. The van der Waals surface area contributed by atoms with Crippen molar-refractivity contribution in [2.45, 2.75) is 45.4 Å². The number of unbranched alkanes of at least 4 members (excludes halogenated alkanes) is 4. The predicted molar refractivity (Wildman–Crippen MR) is 77.5 cm³/mol. The first kappa shape index (κ1) is 14.5. The highest BCUT2D eigenvalue weighted by atomic mass is 14.6. The molecule has 0 aliphatic carbocycles. The van der Waals surface area contributed by atoms with Gasteiger partial charge in [-0.05, 0) is 36.6 Å². The fraction of sp³-hybridized carbons (Fsp3) is 0.438. The smallest absolute Gasteiger partial charge is 0.0267 e. The zero-order valence-corrected chi connectivity index (χ0v) is 11.3. The van der Waals surface area contributed by atoms with Gasteiger partial charge in [-0.1, -0.05) is 38.7 Å². The van der Waals surface area contributed by atoms with Gasteiger partial charge in [-0.25, -0.2) is 0 Å². The zero-order chi connectivity index (χ0) is 12.9. The first-order valence-electron chi connectivity index (χ1n) is 6.90. The molecule has 0 unspecified atom stereocenters. The molecular formula is C16H24N2. The minimum atomic E-state index is 1.24. The molecule has 0 spiro atoms. The van der Waals surface area contributed by atoms with Crippen molar-refractivity contribution in [1.82, 2.24) is 9.97 Å². The van der Waals surface area contributed by atoms with E-state index >= 15 is 0 Å². The number of hydrogen-bond acceptors (Lipinski definition) is 1. The van der Waals surface area contributed by atoms with Crippen LogP contribution in [0.1, 0.15) is 44.6 Å². The van der Waals surface area contributed by atoms with Crippen LogP contribution in [0.3, 0.4) is 0 Å². The van der Waals surface area contributed by atoms with Gasteiger partial charge in [0.05, 0.1) is 0 Å². The quantitative estimate of drug-likeness (QED) is 0.739. The van der Waals surface area contributed by atoms with E-state index in [9.17, 15) is 0 Å². The highest BCUT2D eigenvalue weighted by Crippen LogP contribution is 2.07. The minimum absolute atomic E-state index is 1.24. The average molecular weight is 244 g/mol. The number of H-pyrrole nitrogens is 1. The molecule has 2 aromatic heterocycles. The Hall–Kier alpha value is -1.57. The molecule has 0 radical (unpaired) electrons. The maximum absolute atomic E-state index is 3.78. The second-order valence-corrected chi connectivity index (χ2v) is 4.41. The van der Waals surface area contributed by atoms with Crippen LogP contribution in [0.4, 0.5) is 0 Å². The minimum Gasteiger partial charge on any atom is -0.367 e. The van der Waals surface area contributed by atoms with Crippen molar-refractivity contribution in [2.75, 3.05) is 0 Å². The van der Waals surface area contributed by atoms with Gasteiger partial charge in [0.1, 0.15) is 0 Å². The summed E-state index contributed by atoms with van der Waals surface area (Å²) in [6.45, 7) is 2.26. The van der Waals surface area contributed by atoms with Gasteiger partial charge < -0.3 is 4.98 Å². The van der Waals surface area contributed by atoms with E-state index in [2.05, 4.69) is 29.2 Å². The van der Waals surface area contributed by atoms with E-state index in [1.807, 2.05) is 24.4 Å². The summed E-state index contributed by atoms with van der Waals surface area (Å²) in [4.78, 5) is 6.87. The number of aromatic nitrogens is 2. The number of nitrogens with zero attached hydrogens (tertiary/aromatic N) is 1. The topological polar surface area (TPSA) is 28.7 Å². The van der Waals surface area contributed by atoms with Crippen LogP contribution in [0.15, 0.2) is 49.1 Å². The Kier molecular flexibility index (Phi) is 8.51. The van der Waals surface area contributed by atoms with E-state index in [4.69, 9.17) is 0 Å². The van der Waals surface area contributed by atoms with Gasteiger partial charge in [0.25, 0.3) is 0 Å². The number of rotatable bonds is 6. The van der Waals surface area contributed by atoms with Crippen LogP contribution in [-0.4, -0.2) is 9.97 Å². The van der Waals surface area contributed by atoms with E-state index in [0.717, 1.165) is 0 Å². The van der Waals surface area contributed by atoms with Crippen LogP contribution >= 0.6 is 0 Å². The van der Waals surface area contributed by atoms with Crippen molar-refractivity contribution in [3.63, 3.8) is 0 Å². The van der Waals surface area contributed by atoms with Gasteiger partial charge in [0, 0.05) is 24.8 Å². The SMILES string of the molecule is CCCCCCCc1cc[nH]c1.c1ccncc1. The lowest BCUT2D eigenvalue weighted by Crippen LogP contribution is -1.82.